The third-order valence-electron chi connectivity index (χ3n) is 3.84. The van der Waals surface area contributed by atoms with E-state index in [0.29, 0.717) is 23.5 Å². The number of carbonyl (C=O) groups excluding carboxylic acids is 2. The average Bonchev–Trinajstić information content (AvgIpc) is 2.75. The number of nitrogens with zero attached hydrogens (tertiary/aromatic N) is 1. The van der Waals surface area contributed by atoms with Crippen LogP contribution in [0.3, 0.4) is 0 Å². The molecule has 7 heteroatoms. The molecule has 0 saturated carbocycles. The first-order valence-electron chi connectivity index (χ1n) is 9.12. The number of hydrogen-bond acceptors (Lipinski definition) is 5. The lowest BCUT2D eigenvalue weighted by Gasteiger charge is -2.08. The van der Waals surface area contributed by atoms with Gasteiger partial charge in [-0.25, -0.2) is 4.98 Å². The van der Waals surface area contributed by atoms with Gasteiger partial charge >= 0.3 is 0 Å². The Balaban J connectivity index is 1.51. The molecule has 0 saturated heterocycles. The van der Waals surface area contributed by atoms with E-state index in [4.69, 9.17) is 4.74 Å². The Morgan fingerprint density at radius 2 is 1.62 bits per heavy atom. The molecule has 2 N–H and O–H groups in total. The van der Waals surface area contributed by atoms with Crippen LogP contribution in [0.4, 0.5) is 11.4 Å². The molecule has 0 fully saturated rings. The van der Waals surface area contributed by atoms with Gasteiger partial charge in [0, 0.05) is 23.1 Å². The fourth-order valence-electron chi connectivity index (χ4n) is 2.48. The van der Waals surface area contributed by atoms with Crippen LogP contribution in [0, 0.1) is 0 Å². The number of nitrogens with one attached hydrogen (secondary N) is 2. The van der Waals surface area contributed by atoms with Gasteiger partial charge < -0.3 is 15.4 Å². The lowest BCUT2D eigenvalue weighted by Crippen LogP contribution is -2.15. The number of thioether (sulfide) groups is 1. The van der Waals surface area contributed by atoms with Crippen molar-refractivity contribution in [3.8, 4) is 5.75 Å². The summed E-state index contributed by atoms with van der Waals surface area (Å²) >= 11 is 1.36. The Bertz CT molecular complexity index is 945. The van der Waals surface area contributed by atoms with Gasteiger partial charge in [-0.05, 0) is 67.6 Å². The molecule has 2 amide bonds. The van der Waals surface area contributed by atoms with Crippen molar-refractivity contribution in [2.75, 3.05) is 23.0 Å². The highest BCUT2D eigenvalue weighted by molar-refractivity contribution is 7.99. The van der Waals surface area contributed by atoms with Gasteiger partial charge in [0.1, 0.15) is 5.75 Å². The second-order valence-electron chi connectivity index (χ2n) is 5.99. The minimum absolute atomic E-state index is 0.132. The molecule has 0 aliphatic heterocycles. The van der Waals surface area contributed by atoms with Crippen LogP contribution < -0.4 is 15.4 Å². The third kappa shape index (κ3) is 6.36. The van der Waals surface area contributed by atoms with Gasteiger partial charge in [-0.1, -0.05) is 17.8 Å². The monoisotopic (exact) mass is 407 g/mol. The molecule has 3 aromatic rings. The van der Waals surface area contributed by atoms with Gasteiger partial charge in [-0.15, -0.1) is 0 Å². The molecule has 0 radical (unpaired) electrons. The molecule has 0 bridgehead atoms. The molecule has 0 unspecified atom stereocenters. The highest BCUT2D eigenvalue weighted by atomic mass is 32.2. The first-order chi connectivity index (χ1) is 14.1. The maximum atomic E-state index is 12.4. The van der Waals surface area contributed by atoms with Gasteiger partial charge in [-0.2, -0.15) is 0 Å². The molecule has 0 aliphatic carbocycles. The van der Waals surface area contributed by atoms with Crippen LogP contribution in [0.25, 0.3) is 0 Å². The van der Waals surface area contributed by atoms with Crippen LogP contribution in [0.2, 0.25) is 0 Å². The number of aromatic nitrogens is 1. The van der Waals surface area contributed by atoms with Gasteiger partial charge in [0.25, 0.3) is 5.91 Å². The van der Waals surface area contributed by atoms with Crippen molar-refractivity contribution in [2.45, 2.75) is 11.9 Å². The van der Waals surface area contributed by atoms with Crippen LogP contribution in [0.1, 0.15) is 17.3 Å². The Labute approximate surface area is 173 Å². The van der Waals surface area contributed by atoms with Crippen LogP contribution in [-0.2, 0) is 4.79 Å². The van der Waals surface area contributed by atoms with Gasteiger partial charge in [0.05, 0.1) is 17.4 Å². The topological polar surface area (TPSA) is 80.3 Å². The number of benzene rings is 2. The lowest BCUT2D eigenvalue weighted by atomic mass is 10.2. The first kappa shape index (κ1) is 20.4. The van der Waals surface area contributed by atoms with E-state index in [1.165, 1.54) is 11.8 Å². The zero-order valence-corrected chi connectivity index (χ0v) is 16.7. The van der Waals surface area contributed by atoms with Crippen LogP contribution in [0.15, 0.2) is 78.0 Å². The highest BCUT2D eigenvalue weighted by Crippen LogP contribution is 2.18. The lowest BCUT2D eigenvalue weighted by molar-refractivity contribution is -0.113. The van der Waals surface area contributed by atoms with Crippen LogP contribution in [-0.4, -0.2) is 29.2 Å². The van der Waals surface area contributed by atoms with E-state index >= 15 is 0 Å². The largest absolute Gasteiger partial charge is 0.494 e. The Kier molecular flexibility index (Phi) is 7.24. The van der Waals surface area contributed by atoms with Crippen LogP contribution >= 0.6 is 11.8 Å². The molecule has 0 atom stereocenters. The van der Waals surface area contributed by atoms with E-state index in [2.05, 4.69) is 15.6 Å². The standard InChI is InChI=1S/C22H21N3O3S/c1-2-28-19-12-10-18(11-13-19)25-22(27)16-6-8-17(9-7-16)24-20(26)15-29-21-5-3-4-14-23-21/h3-14H,2,15H2,1H3,(H,24,26)(H,25,27). The number of anilines is 2. The van der Waals surface area contributed by atoms with Crippen molar-refractivity contribution in [3.05, 3.63) is 78.5 Å². The number of pyridine rings is 1. The second-order valence-corrected chi connectivity index (χ2v) is 6.99. The van der Waals surface area contributed by atoms with Crippen molar-refractivity contribution < 1.29 is 14.3 Å². The van der Waals surface area contributed by atoms with Gasteiger partial charge in [-0.3, -0.25) is 9.59 Å². The molecule has 3 rings (SSSR count). The van der Waals surface area contributed by atoms with E-state index in [1.807, 2.05) is 25.1 Å². The third-order valence-corrected chi connectivity index (χ3v) is 4.79. The van der Waals surface area contributed by atoms with Crippen LogP contribution in [0.5, 0.6) is 5.75 Å². The molecule has 148 valence electrons. The summed E-state index contributed by atoms with van der Waals surface area (Å²) < 4.78 is 5.39. The number of rotatable bonds is 8. The predicted octanol–water partition coefficient (Wildman–Crippen LogP) is 4.46. The zero-order chi connectivity index (χ0) is 20.5. The average molecular weight is 407 g/mol. The Morgan fingerprint density at radius 3 is 2.28 bits per heavy atom. The number of amides is 2. The molecule has 0 spiro atoms. The number of carbonyl (C=O) groups is 2. The minimum Gasteiger partial charge on any atom is -0.494 e. The smallest absolute Gasteiger partial charge is 0.255 e. The second kappa shape index (κ2) is 10.3. The summed E-state index contributed by atoms with van der Waals surface area (Å²) in [7, 11) is 0. The molecule has 1 heterocycles. The Hall–Kier alpha value is -3.32. The molecular weight excluding hydrogens is 386 g/mol. The summed E-state index contributed by atoms with van der Waals surface area (Å²) in [4.78, 5) is 28.6. The first-order valence-corrected chi connectivity index (χ1v) is 10.1. The molecule has 6 nitrogen and oxygen atoms in total. The number of ether oxygens (including phenoxy) is 1. The maximum absolute atomic E-state index is 12.4. The molecule has 29 heavy (non-hydrogen) atoms. The van der Waals surface area contributed by atoms with Crippen molar-refractivity contribution in [1.82, 2.24) is 4.98 Å². The fourth-order valence-corrected chi connectivity index (χ4v) is 3.14. The van der Waals surface area contributed by atoms with E-state index in [1.54, 1.807) is 54.7 Å². The minimum atomic E-state index is -0.224. The van der Waals surface area contributed by atoms with E-state index in [0.717, 1.165) is 10.8 Å². The summed E-state index contributed by atoms with van der Waals surface area (Å²) in [5.41, 5.74) is 1.82. The summed E-state index contributed by atoms with van der Waals surface area (Å²) in [5.74, 6) is 0.661. The summed E-state index contributed by atoms with van der Waals surface area (Å²) in [6, 6.07) is 19.5. The molecule has 1 aromatic heterocycles. The summed E-state index contributed by atoms with van der Waals surface area (Å²) in [6.07, 6.45) is 1.69. The van der Waals surface area contributed by atoms with Crippen molar-refractivity contribution in [3.63, 3.8) is 0 Å². The fraction of sp³-hybridized carbons (Fsp3) is 0.136. The number of hydrogen-bond donors (Lipinski definition) is 2. The zero-order valence-electron chi connectivity index (χ0n) is 15.9. The van der Waals surface area contributed by atoms with E-state index < -0.39 is 0 Å². The van der Waals surface area contributed by atoms with Crippen molar-refractivity contribution in [2.24, 2.45) is 0 Å². The molecule has 2 aromatic carbocycles. The predicted molar refractivity (Wildman–Crippen MR) is 116 cm³/mol. The van der Waals surface area contributed by atoms with E-state index in [-0.39, 0.29) is 17.6 Å². The summed E-state index contributed by atoms with van der Waals surface area (Å²) in [5, 5.41) is 6.44. The van der Waals surface area contributed by atoms with E-state index in [9.17, 15) is 9.59 Å². The summed E-state index contributed by atoms with van der Waals surface area (Å²) in [6.45, 7) is 2.51. The van der Waals surface area contributed by atoms with Gasteiger partial charge in [0.2, 0.25) is 5.91 Å². The van der Waals surface area contributed by atoms with Crippen molar-refractivity contribution in [1.29, 1.82) is 0 Å². The SMILES string of the molecule is CCOc1ccc(NC(=O)c2ccc(NC(=O)CSc3ccccn3)cc2)cc1. The normalized spacial score (nSPS) is 10.2. The molecule has 0 aliphatic rings. The van der Waals surface area contributed by atoms with Crippen molar-refractivity contribution >= 4 is 35.0 Å². The highest BCUT2D eigenvalue weighted by Gasteiger charge is 2.08. The Morgan fingerprint density at radius 1 is 0.931 bits per heavy atom. The van der Waals surface area contributed by atoms with Gasteiger partial charge in [0.15, 0.2) is 0 Å². The molecular formula is C22H21N3O3S. The quantitative estimate of drug-likeness (QED) is 0.539. The maximum Gasteiger partial charge on any atom is 0.255 e.